The van der Waals surface area contributed by atoms with Gasteiger partial charge in [0.05, 0.1) is 22.5 Å². The summed E-state index contributed by atoms with van der Waals surface area (Å²) in [5.41, 5.74) is 2.72. The van der Waals surface area contributed by atoms with E-state index in [4.69, 9.17) is 11.1 Å². The molecular formula is C14H10BrFN4O. The second kappa shape index (κ2) is 6.35. The lowest BCUT2D eigenvalue weighted by Gasteiger charge is -2.11. The van der Waals surface area contributed by atoms with E-state index >= 15 is 0 Å². The first kappa shape index (κ1) is 15.0. The van der Waals surface area contributed by atoms with Gasteiger partial charge in [0.2, 0.25) is 0 Å². The fourth-order valence-electron chi connectivity index (χ4n) is 1.77. The van der Waals surface area contributed by atoms with Crippen molar-refractivity contribution in [1.82, 2.24) is 0 Å². The first-order valence-corrected chi connectivity index (χ1v) is 6.62. The van der Waals surface area contributed by atoms with Crippen LogP contribution in [0.1, 0.15) is 15.9 Å². The molecule has 0 aliphatic carbocycles. The number of nitriles is 1. The predicted molar refractivity (Wildman–Crippen MR) is 81.0 cm³/mol. The highest BCUT2D eigenvalue weighted by atomic mass is 79.9. The number of carbonyl (C=O) groups is 1. The Labute approximate surface area is 128 Å². The van der Waals surface area contributed by atoms with Gasteiger partial charge in [-0.3, -0.25) is 10.6 Å². The third kappa shape index (κ3) is 3.18. The van der Waals surface area contributed by atoms with Crippen LogP contribution in [0.5, 0.6) is 0 Å². The number of amides is 1. The molecule has 0 saturated heterocycles. The van der Waals surface area contributed by atoms with Crippen molar-refractivity contribution in [1.29, 1.82) is 5.26 Å². The van der Waals surface area contributed by atoms with Crippen LogP contribution in [0.25, 0.3) is 0 Å². The van der Waals surface area contributed by atoms with Gasteiger partial charge >= 0.3 is 0 Å². The monoisotopic (exact) mass is 348 g/mol. The number of hydrogen-bond acceptors (Lipinski definition) is 4. The summed E-state index contributed by atoms with van der Waals surface area (Å²) in [6, 6.07) is 10.8. The minimum atomic E-state index is -0.639. The van der Waals surface area contributed by atoms with Crippen LogP contribution >= 0.6 is 15.9 Å². The quantitative estimate of drug-likeness (QED) is 0.587. The van der Waals surface area contributed by atoms with Gasteiger partial charge in [-0.1, -0.05) is 22.0 Å². The Morgan fingerprint density at radius 1 is 1.33 bits per heavy atom. The molecule has 4 N–H and O–H groups in total. The maximum Gasteiger partial charge on any atom is 0.257 e. The minimum absolute atomic E-state index is 0.0429. The van der Waals surface area contributed by atoms with Crippen LogP contribution < -0.4 is 16.6 Å². The van der Waals surface area contributed by atoms with Gasteiger partial charge in [-0.05, 0) is 30.3 Å². The Hall–Kier alpha value is -2.43. The number of halogens is 2. The first-order valence-electron chi connectivity index (χ1n) is 5.83. The minimum Gasteiger partial charge on any atom is -0.321 e. The van der Waals surface area contributed by atoms with E-state index < -0.39 is 11.7 Å². The van der Waals surface area contributed by atoms with Crippen molar-refractivity contribution < 1.29 is 9.18 Å². The highest BCUT2D eigenvalue weighted by Crippen LogP contribution is 2.24. The average molecular weight is 349 g/mol. The summed E-state index contributed by atoms with van der Waals surface area (Å²) >= 11 is 3.26. The number of hydrogen-bond donors (Lipinski definition) is 3. The molecule has 0 fully saturated rings. The second-order valence-corrected chi connectivity index (χ2v) is 4.98. The van der Waals surface area contributed by atoms with Gasteiger partial charge in [-0.2, -0.15) is 5.26 Å². The van der Waals surface area contributed by atoms with E-state index in [0.717, 1.165) is 0 Å². The number of benzene rings is 2. The zero-order valence-corrected chi connectivity index (χ0v) is 12.2. The fraction of sp³-hybridized carbons (Fsp3) is 0. The topological polar surface area (TPSA) is 90.9 Å². The standard InChI is InChI=1S/C14H10BrFN4O/c15-9-5-4-8(7-17)12(6-9)19-14(21)10-2-1-3-11(16)13(10)20-18/h1-6,20H,18H2,(H,19,21). The van der Waals surface area contributed by atoms with E-state index in [9.17, 15) is 9.18 Å². The van der Waals surface area contributed by atoms with Crippen molar-refractivity contribution >= 4 is 33.2 Å². The molecule has 0 spiro atoms. The molecule has 0 saturated carbocycles. The third-order valence-corrected chi connectivity index (χ3v) is 3.25. The van der Waals surface area contributed by atoms with Crippen LogP contribution in [0.3, 0.4) is 0 Å². The lowest BCUT2D eigenvalue weighted by molar-refractivity contribution is 0.102. The number of carbonyl (C=O) groups excluding carboxylic acids is 1. The molecule has 0 unspecified atom stereocenters. The number of anilines is 2. The molecule has 0 bridgehead atoms. The molecule has 21 heavy (non-hydrogen) atoms. The Morgan fingerprint density at radius 3 is 2.76 bits per heavy atom. The Bertz CT molecular complexity index is 742. The highest BCUT2D eigenvalue weighted by molar-refractivity contribution is 9.10. The van der Waals surface area contributed by atoms with Gasteiger partial charge in [0.1, 0.15) is 11.9 Å². The molecule has 2 aromatic rings. The van der Waals surface area contributed by atoms with Crippen LogP contribution in [-0.2, 0) is 0 Å². The molecule has 0 aliphatic heterocycles. The van der Waals surface area contributed by atoms with Crippen molar-refractivity contribution in [2.24, 2.45) is 5.84 Å². The van der Waals surface area contributed by atoms with Gasteiger partial charge in [-0.15, -0.1) is 0 Å². The van der Waals surface area contributed by atoms with Crippen molar-refractivity contribution in [2.75, 3.05) is 10.7 Å². The van der Waals surface area contributed by atoms with Crippen LogP contribution in [0.15, 0.2) is 40.9 Å². The van der Waals surface area contributed by atoms with Crippen LogP contribution in [-0.4, -0.2) is 5.91 Å². The molecule has 5 nitrogen and oxygen atoms in total. The van der Waals surface area contributed by atoms with Crippen LogP contribution in [0, 0.1) is 17.1 Å². The van der Waals surface area contributed by atoms with Crippen molar-refractivity contribution in [3.63, 3.8) is 0 Å². The van der Waals surface area contributed by atoms with Crippen molar-refractivity contribution in [3.05, 3.63) is 57.8 Å². The molecule has 0 radical (unpaired) electrons. The van der Waals surface area contributed by atoms with Crippen molar-refractivity contribution in [3.8, 4) is 6.07 Å². The van der Waals surface area contributed by atoms with E-state index in [-0.39, 0.29) is 11.3 Å². The molecule has 1 amide bonds. The number of nitrogen functional groups attached to an aromatic ring is 1. The van der Waals surface area contributed by atoms with E-state index in [1.54, 1.807) is 18.2 Å². The van der Waals surface area contributed by atoms with E-state index in [2.05, 4.69) is 26.7 Å². The number of para-hydroxylation sites is 1. The van der Waals surface area contributed by atoms with Gasteiger partial charge < -0.3 is 10.7 Å². The lowest BCUT2D eigenvalue weighted by atomic mass is 10.1. The van der Waals surface area contributed by atoms with E-state index in [1.807, 2.05) is 6.07 Å². The van der Waals surface area contributed by atoms with Gasteiger partial charge in [0, 0.05) is 4.47 Å². The molecule has 2 rings (SSSR count). The molecule has 0 aliphatic rings. The first-order chi connectivity index (χ1) is 10.1. The molecule has 2 aromatic carbocycles. The lowest BCUT2D eigenvalue weighted by Crippen LogP contribution is -2.18. The second-order valence-electron chi connectivity index (χ2n) is 4.06. The zero-order valence-electron chi connectivity index (χ0n) is 10.7. The molecule has 7 heteroatoms. The number of hydrazine groups is 1. The molecule has 0 atom stereocenters. The zero-order chi connectivity index (χ0) is 15.4. The average Bonchev–Trinajstić information content (AvgIpc) is 2.47. The largest absolute Gasteiger partial charge is 0.321 e. The molecule has 0 aromatic heterocycles. The number of rotatable bonds is 3. The summed E-state index contributed by atoms with van der Waals surface area (Å²) in [7, 11) is 0. The number of nitrogens with one attached hydrogen (secondary N) is 2. The Balaban J connectivity index is 2.38. The third-order valence-electron chi connectivity index (χ3n) is 2.75. The fourth-order valence-corrected chi connectivity index (χ4v) is 2.13. The van der Waals surface area contributed by atoms with Gasteiger partial charge in [-0.25, -0.2) is 4.39 Å². The van der Waals surface area contributed by atoms with Crippen LogP contribution in [0.4, 0.5) is 15.8 Å². The summed E-state index contributed by atoms with van der Waals surface area (Å²) in [4.78, 5) is 12.2. The number of nitrogens with two attached hydrogens (primary N) is 1. The summed E-state index contributed by atoms with van der Waals surface area (Å²) in [5, 5.41) is 11.6. The maximum absolute atomic E-state index is 13.6. The normalized spacial score (nSPS) is 9.81. The smallest absolute Gasteiger partial charge is 0.257 e. The SMILES string of the molecule is N#Cc1ccc(Br)cc1NC(=O)c1cccc(F)c1NN. The van der Waals surface area contributed by atoms with E-state index in [1.165, 1.54) is 18.2 Å². The Morgan fingerprint density at radius 2 is 2.10 bits per heavy atom. The van der Waals surface area contributed by atoms with Gasteiger partial charge in [0.25, 0.3) is 5.91 Å². The summed E-state index contributed by atoms with van der Waals surface area (Å²) in [5.74, 6) is 4.02. The maximum atomic E-state index is 13.6. The molecule has 106 valence electrons. The summed E-state index contributed by atoms with van der Waals surface area (Å²) < 4.78 is 14.3. The van der Waals surface area contributed by atoms with Crippen LogP contribution in [0.2, 0.25) is 0 Å². The predicted octanol–water partition coefficient (Wildman–Crippen LogP) is 3.00. The molecular weight excluding hydrogens is 339 g/mol. The summed E-state index contributed by atoms with van der Waals surface area (Å²) in [6.45, 7) is 0. The molecule has 0 heterocycles. The highest BCUT2D eigenvalue weighted by Gasteiger charge is 2.16. The Kier molecular flexibility index (Phi) is 4.52. The van der Waals surface area contributed by atoms with E-state index in [0.29, 0.717) is 15.7 Å². The number of nitrogens with zero attached hydrogens (tertiary/aromatic N) is 1. The summed E-state index contributed by atoms with van der Waals surface area (Å²) in [6.07, 6.45) is 0. The van der Waals surface area contributed by atoms with Crippen molar-refractivity contribution in [2.45, 2.75) is 0 Å². The van der Waals surface area contributed by atoms with Gasteiger partial charge in [0.15, 0.2) is 0 Å².